The van der Waals surface area contributed by atoms with Crippen LogP contribution in [0.5, 0.6) is 17.2 Å². The number of nitrogens with zero attached hydrogens (tertiary/aromatic N) is 2. The maximum absolute atomic E-state index is 13.2. The summed E-state index contributed by atoms with van der Waals surface area (Å²) in [5.41, 5.74) is -0.979. The number of ether oxygens (including phenoxy) is 1. The number of hydrogen-bond acceptors (Lipinski definition) is 9. The van der Waals surface area contributed by atoms with E-state index in [0.717, 1.165) is 11.0 Å². The van der Waals surface area contributed by atoms with Crippen molar-refractivity contribution in [1.82, 2.24) is 10.2 Å². The minimum atomic E-state index is -1.48. The second-order valence-electron chi connectivity index (χ2n) is 13.3. The van der Waals surface area contributed by atoms with Gasteiger partial charge < -0.3 is 35.4 Å². The number of likely N-dealkylation sites (N-methyl/N-ethyl adjacent to an activating group) is 1. The predicted molar refractivity (Wildman–Crippen MR) is 188 cm³/mol. The number of benzene rings is 3. The molecule has 2 amide bonds. The highest BCUT2D eigenvalue weighted by Crippen LogP contribution is 2.35. The van der Waals surface area contributed by atoms with Crippen molar-refractivity contribution in [2.24, 2.45) is 0 Å². The highest BCUT2D eigenvalue weighted by molar-refractivity contribution is 6.48. The van der Waals surface area contributed by atoms with Crippen LogP contribution in [0.4, 0.5) is 5.69 Å². The molecule has 1 atom stereocenters. The molecule has 0 aliphatic carbocycles. The summed E-state index contributed by atoms with van der Waals surface area (Å²) in [6.07, 6.45) is 1.02. The first-order valence-electron chi connectivity index (χ1n) is 16.4. The van der Waals surface area contributed by atoms with Gasteiger partial charge in [0.1, 0.15) is 34.8 Å². The molecule has 1 aliphatic heterocycles. The van der Waals surface area contributed by atoms with E-state index in [-0.39, 0.29) is 47.4 Å². The molecular formula is C37H47N5O7. The molecule has 0 radical (unpaired) electrons. The molecule has 1 heterocycles. The number of piperidine rings is 1. The third-order valence-electron chi connectivity index (χ3n) is 9.03. The van der Waals surface area contributed by atoms with Crippen LogP contribution in [0.25, 0.3) is 0 Å². The van der Waals surface area contributed by atoms with E-state index in [9.17, 15) is 30.0 Å². The number of aliphatic hydroxyl groups is 2. The van der Waals surface area contributed by atoms with Crippen LogP contribution in [-0.2, 0) is 10.4 Å². The lowest BCUT2D eigenvalue weighted by molar-refractivity contribution is -0.125. The number of amidine groups is 2. The number of amides is 2. The highest BCUT2D eigenvalue weighted by atomic mass is 16.5. The number of hydrogen-bond donors (Lipinski definition) is 7. The summed E-state index contributed by atoms with van der Waals surface area (Å²) in [5.74, 6) is -1.72. The van der Waals surface area contributed by atoms with Crippen LogP contribution in [0.3, 0.4) is 0 Å². The number of anilines is 1. The fourth-order valence-electron chi connectivity index (χ4n) is 5.60. The van der Waals surface area contributed by atoms with Gasteiger partial charge in [-0.05, 0) is 87.2 Å². The van der Waals surface area contributed by atoms with Gasteiger partial charge in [-0.3, -0.25) is 25.3 Å². The van der Waals surface area contributed by atoms with Crippen molar-refractivity contribution >= 4 is 29.2 Å². The predicted octanol–water partition coefficient (Wildman–Crippen LogP) is 4.83. The standard InChI is InChI=1S/C37H47N5O7/c1-7-40-34(45)33(39)42(32(38)29-20-28(22(2)3)30(43)21-31(29)44)25-12-14-26(15-13-25)49-27-16-18-41(19-17-27)35(46)23-8-10-24(11-9-23)37(6,48)36(4,5)47/h8-15,20-22,27,38-39,43-44,47-48H,7,16-19H2,1-6H3,(H,40,45). The Kier molecular flexibility index (Phi) is 11.0. The molecule has 0 spiro atoms. The molecule has 0 aromatic heterocycles. The lowest BCUT2D eigenvalue weighted by Gasteiger charge is -2.36. The first-order valence-corrected chi connectivity index (χ1v) is 16.4. The summed E-state index contributed by atoms with van der Waals surface area (Å²) < 4.78 is 6.21. The molecule has 49 heavy (non-hydrogen) atoms. The number of carbonyl (C=O) groups excluding carboxylic acids is 2. The van der Waals surface area contributed by atoms with Gasteiger partial charge in [-0.15, -0.1) is 0 Å². The Morgan fingerprint density at radius 1 is 0.959 bits per heavy atom. The van der Waals surface area contributed by atoms with Crippen molar-refractivity contribution < 1.29 is 34.8 Å². The van der Waals surface area contributed by atoms with Crippen molar-refractivity contribution in [1.29, 1.82) is 10.8 Å². The molecular weight excluding hydrogens is 626 g/mol. The lowest BCUT2D eigenvalue weighted by Crippen LogP contribution is -2.46. The number of likely N-dealkylation sites (tertiary alicyclic amines) is 1. The van der Waals surface area contributed by atoms with E-state index in [1.807, 2.05) is 13.8 Å². The minimum absolute atomic E-state index is 0.0501. The molecule has 0 saturated carbocycles. The summed E-state index contributed by atoms with van der Waals surface area (Å²) in [5, 5.41) is 62.2. The number of rotatable bonds is 9. The third kappa shape index (κ3) is 8.03. The van der Waals surface area contributed by atoms with Crippen molar-refractivity contribution in [3.05, 3.63) is 82.9 Å². The van der Waals surface area contributed by atoms with Crippen LogP contribution in [0.15, 0.2) is 60.7 Å². The van der Waals surface area contributed by atoms with Crippen LogP contribution in [0.1, 0.15) is 87.4 Å². The smallest absolute Gasteiger partial charge is 0.287 e. The van der Waals surface area contributed by atoms with E-state index >= 15 is 0 Å². The van der Waals surface area contributed by atoms with Gasteiger partial charge in [0.25, 0.3) is 11.8 Å². The summed E-state index contributed by atoms with van der Waals surface area (Å²) in [6, 6.07) is 15.9. The Balaban J connectivity index is 1.45. The summed E-state index contributed by atoms with van der Waals surface area (Å²) in [4.78, 5) is 28.8. The molecule has 1 fully saturated rings. The zero-order valence-electron chi connectivity index (χ0n) is 28.9. The maximum Gasteiger partial charge on any atom is 0.287 e. The average molecular weight is 674 g/mol. The molecule has 4 rings (SSSR count). The van der Waals surface area contributed by atoms with Crippen LogP contribution in [0, 0.1) is 10.8 Å². The number of phenols is 2. The zero-order valence-corrected chi connectivity index (χ0v) is 28.9. The van der Waals surface area contributed by atoms with E-state index in [4.69, 9.17) is 15.6 Å². The number of aromatic hydroxyl groups is 2. The second kappa shape index (κ2) is 14.7. The minimum Gasteiger partial charge on any atom is -0.508 e. The van der Waals surface area contributed by atoms with Gasteiger partial charge >= 0.3 is 0 Å². The molecule has 12 nitrogen and oxygen atoms in total. The first-order chi connectivity index (χ1) is 23.0. The summed E-state index contributed by atoms with van der Waals surface area (Å²) >= 11 is 0. The monoisotopic (exact) mass is 673 g/mol. The fraction of sp³-hybridized carbons (Fsp3) is 0.405. The fourth-order valence-corrected chi connectivity index (χ4v) is 5.60. The number of nitrogens with one attached hydrogen (secondary N) is 3. The van der Waals surface area contributed by atoms with E-state index in [1.54, 1.807) is 60.4 Å². The molecule has 12 heteroatoms. The van der Waals surface area contributed by atoms with Gasteiger partial charge in [-0.1, -0.05) is 26.0 Å². The van der Waals surface area contributed by atoms with Gasteiger partial charge in [0.2, 0.25) is 0 Å². The van der Waals surface area contributed by atoms with E-state index in [1.165, 1.54) is 26.8 Å². The largest absolute Gasteiger partial charge is 0.508 e. The molecule has 7 N–H and O–H groups in total. The Morgan fingerprint density at radius 2 is 1.55 bits per heavy atom. The Hall–Kier alpha value is -4.94. The van der Waals surface area contributed by atoms with Crippen molar-refractivity contribution in [2.45, 2.75) is 77.6 Å². The molecule has 3 aromatic rings. The van der Waals surface area contributed by atoms with Crippen LogP contribution in [0.2, 0.25) is 0 Å². The van der Waals surface area contributed by atoms with Gasteiger partial charge in [0, 0.05) is 49.8 Å². The molecule has 1 unspecified atom stereocenters. The zero-order chi connectivity index (χ0) is 36.3. The van der Waals surface area contributed by atoms with E-state index in [2.05, 4.69) is 5.32 Å². The number of carbonyl (C=O) groups is 2. The average Bonchev–Trinajstić information content (AvgIpc) is 3.05. The molecule has 3 aromatic carbocycles. The SMILES string of the molecule is CCNC(=O)C(=N)N(C(=N)c1cc(C(C)C)c(O)cc1O)c1ccc(OC2CCN(C(=O)c3ccc(C(C)(O)C(C)(C)O)cc3)CC2)cc1. The summed E-state index contributed by atoms with van der Waals surface area (Å²) in [7, 11) is 0. The van der Waals surface area contributed by atoms with Crippen molar-refractivity contribution in [3.63, 3.8) is 0 Å². The topological polar surface area (TPSA) is 190 Å². The molecule has 1 saturated heterocycles. The lowest BCUT2D eigenvalue weighted by atomic mass is 9.81. The van der Waals surface area contributed by atoms with E-state index < -0.39 is 22.9 Å². The van der Waals surface area contributed by atoms with Crippen molar-refractivity contribution in [3.8, 4) is 17.2 Å². The first kappa shape index (κ1) is 36.9. The Morgan fingerprint density at radius 3 is 2.08 bits per heavy atom. The molecule has 0 bridgehead atoms. The Bertz CT molecular complexity index is 1690. The van der Waals surface area contributed by atoms with E-state index in [0.29, 0.717) is 54.1 Å². The van der Waals surface area contributed by atoms with Crippen LogP contribution in [-0.4, -0.2) is 80.2 Å². The highest BCUT2D eigenvalue weighted by Gasteiger charge is 2.39. The normalized spacial score (nSPS) is 15.0. The second-order valence-corrected chi connectivity index (χ2v) is 13.3. The molecule has 262 valence electrons. The quantitative estimate of drug-likeness (QED) is 0.124. The van der Waals surface area contributed by atoms with Gasteiger partial charge in [0.15, 0.2) is 5.84 Å². The Labute approximate surface area is 287 Å². The number of phenolic OH excluding ortho intramolecular Hbond substituents is 2. The van der Waals surface area contributed by atoms with Crippen LogP contribution >= 0.6 is 0 Å². The molecule has 1 aliphatic rings. The van der Waals surface area contributed by atoms with Gasteiger partial charge in [0.05, 0.1) is 11.2 Å². The van der Waals surface area contributed by atoms with Crippen LogP contribution < -0.4 is 15.0 Å². The van der Waals surface area contributed by atoms with Gasteiger partial charge in [-0.25, -0.2) is 0 Å². The summed E-state index contributed by atoms with van der Waals surface area (Å²) in [6.45, 7) is 11.3. The van der Waals surface area contributed by atoms with Gasteiger partial charge in [-0.2, -0.15) is 0 Å². The third-order valence-corrected chi connectivity index (χ3v) is 9.03. The maximum atomic E-state index is 13.2. The van der Waals surface area contributed by atoms with Crippen molar-refractivity contribution in [2.75, 3.05) is 24.5 Å².